The van der Waals surface area contributed by atoms with Crippen molar-refractivity contribution in [2.24, 2.45) is 0 Å². The Bertz CT molecular complexity index is 749. The van der Waals surface area contributed by atoms with E-state index in [0.29, 0.717) is 5.61 Å². The zero-order valence-electron chi connectivity index (χ0n) is 13.4. The Morgan fingerprint density at radius 1 is 1.09 bits per heavy atom. The quantitative estimate of drug-likeness (QED) is 0.640. The van der Waals surface area contributed by atoms with Crippen LogP contribution in [-0.2, 0) is 9.31 Å². The zero-order valence-corrected chi connectivity index (χ0v) is 13.4. The maximum Gasteiger partial charge on any atom is 0.513 e. The predicted molar refractivity (Wildman–Crippen MR) is 89.6 cm³/mol. The largest absolute Gasteiger partial charge is 0.513 e. The summed E-state index contributed by atoms with van der Waals surface area (Å²) in [6.45, 7) is 7.95. The van der Waals surface area contributed by atoms with Crippen molar-refractivity contribution in [3.8, 4) is 0 Å². The van der Waals surface area contributed by atoms with Gasteiger partial charge in [-0.3, -0.25) is 0 Å². The van der Waals surface area contributed by atoms with E-state index in [9.17, 15) is 0 Å². The lowest BCUT2D eigenvalue weighted by Crippen LogP contribution is -2.41. The smallest absolute Gasteiger partial charge is 0.398 e. The maximum atomic E-state index is 8.26. The third-order valence-electron chi connectivity index (χ3n) is 4.52. The van der Waals surface area contributed by atoms with Crippen LogP contribution in [0.4, 0.5) is 0 Å². The standard InChI is InChI=1S/C17H21BN2O2/c1-16(2)17(3,4)22-18(21-16)15(19)10-14-9-12-7-5-6-8-13(12)11-20-14/h5-11,19-20H,1-4H3/b14-10-,19-15?. The molecule has 1 fully saturated rings. The van der Waals surface area contributed by atoms with Crippen molar-refractivity contribution in [1.29, 1.82) is 5.41 Å². The number of nitrogens with one attached hydrogen (secondary N) is 2. The average Bonchev–Trinajstić information content (AvgIpc) is 2.67. The molecule has 0 amide bonds. The zero-order chi connectivity index (χ0) is 16.0. The second-order valence-corrected chi connectivity index (χ2v) is 6.71. The molecule has 2 N–H and O–H groups in total. The number of hydrogen-bond acceptors (Lipinski definition) is 4. The van der Waals surface area contributed by atoms with Gasteiger partial charge >= 0.3 is 7.12 Å². The summed E-state index contributed by atoms with van der Waals surface area (Å²) in [5.41, 5.74) is 0.319. The van der Waals surface area contributed by atoms with Crippen molar-refractivity contribution in [3.05, 3.63) is 46.5 Å². The molecule has 0 radical (unpaired) electrons. The van der Waals surface area contributed by atoms with E-state index < -0.39 is 18.3 Å². The highest BCUT2D eigenvalue weighted by Gasteiger charge is 2.52. The molecule has 4 nitrogen and oxygen atoms in total. The molecule has 1 aromatic rings. The van der Waals surface area contributed by atoms with Gasteiger partial charge in [0.2, 0.25) is 0 Å². The first-order chi connectivity index (χ1) is 10.3. The Morgan fingerprint density at radius 2 is 1.68 bits per heavy atom. The van der Waals surface area contributed by atoms with Crippen molar-refractivity contribution >= 4 is 25.0 Å². The summed E-state index contributed by atoms with van der Waals surface area (Å²) in [4.78, 5) is 0. The van der Waals surface area contributed by atoms with E-state index in [2.05, 4.69) is 17.4 Å². The topological polar surface area (TPSA) is 54.3 Å². The van der Waals surface area contributed by atoms with Gasteiger partial charge in [0.25, 0.3) is 0 Å². The highest BCUT2D eigenvalue weighted by Crippen LogP contribution is 2.36. The molecule has 1 saturated heterocycles. The van der Waals surface area contributed by atoms with Gasteiger partial charge in [-0.1, -0.05) is 24.3 Å². The van der Waals surface area contributed by atoms with Crippen LogP contribution in [-0.4, -0.2) is 23.9 Å². The SMILES string of the molecule is CC1(C)OB(C(=N)/C=C2/C=c3ccccc3=CN2)OC1(C)C. The van der Waals surface area contributed by atoms with Crippen molar-refractivity contribution in [3.63, 3.8) is 0 Å². The van der Waals surface area contributed by atoms with Gasteiger partial charge in [-0.2, -0.15) is 0 Å². The first-order valence-electron chi connectivity index (χ1n) is 7.48. The van der Waals surface area contributed by atoms with Crippen LogP contribution in [0.15, 0.2) is 36.0 Å². The molecule has 1 aromatic carbocycles. The van der Waals surface area contributed by atoms with E-state index in [0.717, 1.165) is 16.1 Å². The molecule has 0 saturated carbocycles. The lowest BCUT2D eigenvalue weighted by molar-refractivity contribution is 0.00578. The fourth-order valence-electron chi connectivity index (χ4n) is 2.43. The molecule has 2 heterocycles. The van der Waals surface area contributed by atoms with Gasteiger partial charge in [0.05, 0.1) is 16.8 Å². The van der Waals surface area contributed by atoms with Gasteiger partial charge in [-0.15, -0.1) is 0 Å². The minimum atomic E-state index is -0.634. The highest BCUT2D eigenvalue weighted by atomic mass is 16.7. The Balaban J connectivity index is 1.83. The fourth-order valence-corrected chi connectivity index (χ4v) is 2.43. The van der Waals surface area contributed by atoms with Gasteiger partial charge < -0.3 is 20.0 Å². The summed E-state index contributed by atoms with van der Waals surface area (Å²) in [5, 5.41) is 13.7. The minimum absolute atomic E-state index is 0.310. The predicted octanol–water partition coefficient (Wildman–Crippen LogP) is 1.34. The molecule has 0 aliphatic carbocycles. The third kappa shape index (κ3) is 2.62. The monoisotopic (exact) mass is 296 g/mol. The number of hydrogen-bond donors (Lipinski definition) is 2. The van der Waals surface area contributed by atoms with Crippen LogP contribution in [0.25, 0.3) is 12.3 Å². The lowest BCUT2D eigenvalue weighted by atomic mass is 9.81. The van der Waals surface area contributed by atoms with Crippen LogP contribution in [0.2, 0.25) is 0 Å². The first-order valence-corrected chi connectivity index (χ1v) is 7.48. The molecule has 0 aromatic heterocycles. The van der Waals surface area contributed by atoms with Crippen molar-refractivity contribution in [1.82, 2.24) is 5.32 Å². The molecule has 0 atom stereocenters. The Morgan fingerprint density at radius 3 is 2.32 bits per heavy atom. The minimum Gasteiger partial charge on any atom is -0.398 e. The van der Waals surface area contributed by atoms with Crippen LogP contribution < -0.4 is 15.8 Å². The molecular weight excluding hydrogens is 275 g/mol. The summed E-state index contributed by atoms with van der Waals surface area (Å²) in [7, 11) is -0.634. The molecule has 0 unspecified atom stereocenters. The van der Waals surface area contributed by atoms with Crippen LogP contribution >= 0.6 is 0 Å². The molecule has 2 aliphatic heterocycles. The van der Waals surface area contributed by atoms with Gasteiger partial charge in [0.15, 0.2) is 0 Å². The van der Waals surface area contributed by atoms with Gasteiger partial charge in [0.1, 0.15) is 0 Å². The van der Waals surface area contributed by atoms with Crippen LogP contribution in [0, 0.1) is 5.41 Å². The van der Waals surface area contributed by atoms with Crippen LogP contribution in [0.3, 0.4) is 0 Å². The van der Waals surface area contributed by atoms with Gasteiger partial charge in [-0.25, -0.2) is 0 Å². The Hall–Kier alpha value is -1.85. The molecule has 0 bridgehead atoms. The molecule has 2 aliphatic rings. The Labute approximate surface area is 131 Å². The number of benzene rings is 1. The molecule has 5 heteroatoms. The summed E-state index contributed by atoms with van der Waals surface area (Å²) in [6, 6.07) is 8.12. The summed E-state index contributed by atoms with van der Waals surface area (Å²) < 4.78 is 11.8. The van der Waals surface area contributed by atoms with E-state index in [-0.39, 0.29) is 0 Å². The highest BCUT2D eigenvalue weighted by molar-refractivity contribution is 6.84. The second-order valence-electron chi connectivity index (χ2n) is 6.71. The summed E-state index contributed by atoms with van der Waals surface area (Å²) in [6.07, 6.45) is 5.72. The fraction of sp³-hybridized carbons (Fsp3) is 0.353. The van der Waals surface area contributed by atoms with Crippen LogP contribution in [0.1, 0.15) is 27.7 Å². The third-order valence-corrected chi connectivity index (χ3v) is 4.52. The maximum absolute atomic E-state index is 8.26. The van der Waals surface area contributed by atoms with E-state index in [1.165, 1.54) is 0 Å². The Kier molecular flexibility index (Phi) is 3.50. The van der Waals surface area contributed by atoms with Crippen molar-refractivity contribution in [2.45, 2.75) is 38.9 Å². The molecular formula is C17H21BN2O2. The van der Waals surface area contributed by atoms with E-state index in [4.69, 9.17) is 14.7 Å². The number of fused-ring (bicyclic) bond motifs is 1. The van der Waals surface area contributed by atoms with E-state index in [1.807, 2.05) is 52.1 Å². The van der Waals surface area contributed by atoms with E-state index >= 15 is 0 Å². The number of allylic oxidation sites excluding steroid dienone is 2. The lowest BCUT2D eigenvalue weighted by Gasteiger charge is -2.32. The molecule has 22 heavy (non-hydrogen) atoms. The summed E-state index contributed by atoms with van der Waals surface area (Å²) >= 11 is 0. The average molecular weight is 296 g/mol. The van der Waals surface area contributed by atoms with Crippen molar-refractivity contribution < 1.29 is 9.31 Å². The molecule has 114 valence electrons. The van der Waals surface area contributed by atoms with Gasteiger partial charge in [0, 0.05) is 11.9 Å². The van der Waals surface area contributed by atoms with E-state index in [1.54, 1.807) is 6.08 Å². The normalized spacial score (nSPS) is 23.3. The number of rotatable bonds is 2. The van der Waals surface area contributed by atoms with Crippen LogP contribution in [0.5, 0.6) is 0 Å². The molecule has 3 rings (SSSR count). The second kappa shape index (κ2) is 5.11. The van der Waals surface area contributed by atoms with Gasteiger partial charge in [-0.05, 0) is 50.3 Å². The first kappa shape index (κ1) is 15.1. The summed E-state index contributed by atoms with van der Waals surface area (Å²) in [5.74, 6) is 0. The molecule has 0 spiro atoms. The van der Waals surface area contributed by atoms with Crippen molar-refractivity contribution in [2.75, 3.05) is 0 Å².